The molecular weight excluding hydrogens is 226 g/mol. The summed E-state index contributed by atoms with van der Waals surface area (Å²) in [6.45, 7) is 0. The van der Waals surface area contributed by atoms with Gasteiger partial charge in [0.2, 0.25) is 0 Å². The number of rotatable bonds is 2. The van der Waals surface area contributed by atoms with Gasteiger partial charge in [-0.2, -0.15) is 0 Å². The Morgan fingerprint density at radius 1 is 1.39 bits per heavy atom. The summed E-state index contributed by atoms with van der Waals surface area (Å²) in [5.41, 5.74) is 4.30. The third-order valence-corrected chi connectivity index (χ3v) is 3.97. The van der Waals surface area contributed by atoms with Crippen LogP contribution in [0.5, 0.6) is 5.75 Å². The number of carbonyl (C=O) groups excluding carboxylic acids is 1. The van der Waals surface area contributed by atoms with Crippen LogP contribution < -0.4 is 10.1 Å². The highest BCUT2D eigenvalue weighted by Gasteiger charge is 2.31. The van der Waals surface area contributed by atoms with Crippen LogP contribution in [-0.4, -0.2) is 26.0 Å². The number of hydrogen-bond donors (Lipinski definition) is 1. The highest BCUT2D eigenvalue weighted by molar-refractivity contribution is 6.18. The molecule has 1 unspecified atom stereocenters. The van der Waals surface area contributed by atoms with E-state index in [4.69, 9.17) is 4.74 Å². The van der Waals surface area contributed by atoms with Crippen LogP contribution in [0.1, 0.15) is 34.3 Å². The Kier molecular flexibility index (Phi) is 2.71. The molecule has 1 aromatic carbocycles. The monoisotopic (exact) mass is 243 g/mol. The lowest BCUT2D eigenvalue weighted by Gasteiger charge is -2.17. The molecule has 18 heavy (non-hydrogen) atoms. The SMILES string of the molecule is CNC1CCCc2c(OC)ccc3c2C1=CC3=O. The van der Waals surface area contributed by atoms with Crippen molar-refractivity contribution in [3.8, 4) is 5.75 Å². The van der Waals surface area contributed by atoms with Gasteiger partial charge in [0.1, 0.15) is 5.75 Å². The molecule has 1 N–H and O–H groups in total. The van der Waals surface area contributed by atoms with Crippen LogP contribution in [-0.2, 0) is 6.42 Å². The number of methoxy groups -OCH3 is 1. The Bertz CT molecular complexity index is 546. The van der Waals surface area contributed by atoms with E-state index in [1.807, 2.05) is 19.2 Å². The summed E-state index contributed by atoms with van der Waals surface area (Å²) in [4.78, 5) is 12.0. The van der Waals surface area contributed by atoms with Crippen molar-refractivity contribution in [1.82, 2.24) is 5.32 Å². The summed E-state index contributed by atoms with van der Waals surface area (Å²) in [5, 5.41) is 3.32. The van der Waals surface area contributed by atoms with Crippen molar-refractivity contribution < 1.29 is 9.53 Å². The first-order valence-electron chi connectivity index (χ1n) is 6.39. The van der Waals surface area contributed by atoms with Crippen molar-refractivity contribution >= 4 is 11.4 Å². The molecule has 0 aliphatic heterocycles. The van der Waals surface area contributed by atoms with Crippen molar-refractivity contribution in [2.45, 2.75) is 25.3 Å². The smallest absolute Gasteiger partial charge is 0.186 e. The maximum Gasteiger partial charge on any atom is 0.186 e. The molecule has 1 atom stereocenters. The fourth-order valence-corrected chi connectivity index (χ4v) is 3.11. The minimum atomic E-state index is 0.131. The highest BCUT2D eigenvalue weighted by atomic mass is 16.5. The van der Waals surface area contributed by atoms with Gasteiger partial charge in [-0.25, -0.2) is 0 Å². The average Bonchev–Trinajstić information content (AvgIpc) is 2.61. The molecular formula is C15H17NO2. The van der Waals surface area contributed by atoms with Crippen molar-refractivity contribution in [2.75, 3.05) is 14.2 Å². The zero-order valence-corrected chi connectivity index (χ0v) is 10.7. The Labute approximate surface area is 107 Å². The molecule has 0 fully saturated rings. The fourth-order valence-electron chi connectivity index (χ4n) is 3.11. The van der Waals surface area contributed by atoms with Gasteiger partial charge in [0, 0.05) is 17.2 Å². The van der Waals surface area contributed by atoms with Crippen LogP contribution in [0.15, 0.2) is 18.2 Å². The first-order valence-corrected chi connectivity index (χ1v) is 6.39. The van der Waals surface area contributed by atoms with Crippen molar-refractivity contribution in [3.63, 3.8) is 0 Å². The van der Waals surface area contributed by atoms with Crippen molar-refractivity contribution in [3.05, 3.63) is 34.9 Å². The summed E-state index contributed by atoms with van der Waals surface area (Å²) in [6.07, 6.45) is 4.95. The molecule has 0 spiro atoms. The van der Waals surface area contributed by atoms with Gasteiger partial charge in [0.25, 0.3) is 0 Å². The standard InChI is InChI=1S/C15H17NO2/c1-16-12-5-3-4-10-14(18-2)7-6-9-13(17)8-11(12)15(9)10/h6-8,12,16H,3-5H2,1-2H3. The molecule has 0 aromatic heterocycles. The number of carbonyl (C=O) groups is 1. The summed E-state index contributed by atoms with van der Waals surface area (Å²) in [6, 6.07) is 4.09. The van der Waals surface area contributed by atoms with Crippen LogP contribution in [0.25, 0.3) is 5.57 Å². The van der Waals surface area contributed by atoms with Crippen molar-refractivity contribution in [1.29, 1.82) is 0 Å². The van der Waals surface area contributed by atoms with Gasteiger partial charge in [0.05, 0.1) is 7.11 Å². The second-order valence-corrected chi connectivity index (χ2v) is 4.87. The summed E-state index contributed by atoms with van der Waals surface area (Å²) in [7, 11) is 3.65. The highest BCUT2D eigenvalue weighted by Crippen LogP contribution is 2.41. The molecule has 2 aliphatic carbocycles. The fraction of sp³-hybridized carbons (Fsp3) is 0.400. The van der Waals surface area contributed by atoms with Crippen LogP contribution in [0.3, 0.4) is 0 Å². The molecule has 2 aliphatic rings. The first-order chi connectivity index (χ1) is 8.76. The van der Waals surface area contributed by atoms with Crippen molar-refractivity contribution in [2.24, 2.45) is 0 Å². The lowest BCUT2D eigenvalue weighted by atomic mass is 9.95. The maximum atomic E-state index is 12.0. The molecule has 1 aromatic rings. The number of ether oxygens (including phenoxy) is 1. The topological polar surface area (TPSA) is 38.3 Å². The number of hydrogen-bond acceptors (Lipinski definition) is 3. The number of likely N-dealkylation sites (N-methyl/N-ethyl adjacent to an activating group) is 1. The molecule has 0 amide bonds. The maximum absolute atomic E-state index is 12.0. The summed E-state index contributed by atoms with van der Waals surface area (Å²) < 4.78 is 5.44. The van der Waals surface area contributed by atoms with Gasteiger partial charge in [0.15, 0.2) is 5.78 Å². The largest absolute Gasteiger partial charge is 0.496 e. The van der Waals surface area contributed by atoms with Crippen LogP contribution in [0.4, 0.5) is 0 Å². The van der Waals surface area contributed by atoms with Gasteiger partial charge in [-0.15, -0.1) is 0 Å². The third kappa shape index (κ3) is 1.51. The Morgan fingerprint density at radius 3 is 2.94 bits per heavy atom. The van der Waals surface area contributed by atoms with Gasteiger partial charge in [-0.1, -0.05) is 0 Å². The molecule has 94 valence electrons. The van der Waals surface area contributed by atoms with E-state index in [-0.39, 0.29) is 11.8 Å². The third-order valence-electron chi connectivity index (χ3n) is 3.97. The summed E-state index contributed by atoms with van der Waals surface area (Å²) in [5.74, 6) is 1.04. The predicted octanol–water partition coefficient (Wildman–Crippen LogP) is 2.20. The summed E-state index contributed by atoms with van der Waals surface area (Å²) >= 11 is 0. The lowest BCUT2D eigenvalue weighted by Crippen LogP contribution is -2.25. The van der Waals surface area contributed by atoms with Crippen LogP contribution in [0.2, 0.25) is 0 Å². The normalized spacial score (nSPS) is 21.3. The Morgan fingerprint density at radius 2 is 2.22 bits per heavy atom. The molecule has 0 radical (unpaired) electrons. The number of nitrogens with one attached hydrogen (secondary N) is 1. The Hall–Kier alpha value is -1.61. The van der Waals surface area contributed by atoms with E-state index in [0.717, 1.165) is 41.7 Å². The van der Waals surface area contributed by atoms with E-state index < -0.39 is 0 Å². The number of allylic oxidation sites excluding steroid dienone is 1. The molecule has 3 rings (SSSR count). The lowest BCUT2D eigenvalue weighted by molar-refractivity contribution is 0.104. The molecule has 0 bridgehead atoms. The predicted molar refractivity (Wildman–Crippen MR) is 71.1 cm³/mol. The van der Waals surface area contributed by atoms with Crippen LogP contribution >= 0.6 is 0 Å². The van der Waals surface area contributed by atoms with E-state index in [9.17, 15) is 4.79 Å². The zero-order chi connectivity index (χ0) is 12.7. The van der Waals surface area contributed by atoms with Gasteiger partial charge >= 0.3 is 0 Å². The molecule has 0 heterocycles. The number of ketones is 1. The first kappa shape index (κ1) is 11.5. The van der Waals surface area contributed by atoms with E-state index in [1.165, 1.54) is 5.56 Å². The zero-order valence-electron chi connectivity index (χ0n) is 10.7. The van der Waals surface area contributed by atoms with Crippen LogP contribution in [0, 0.1) is 0 Å². The van der Waals surface area contributed by atoms with Gasteiger partial charge < -0.3 is 10.1 Å². The molecule has 3 heteroatoms. The average molecular weight is 243 g/mol. The Balaban J connectivity index is 2.24. The molecule has 3 nitrogen and oxygen atoms in total. The second-order valence-electron chi connectivity index (χ2n) is 4.87. The molecule has 0 saturated carbocycles. The molecule has 0 saturated heterocycles. The van der Waals surface area contributed by atoms with Gasteiger partial charge in [-0.3, -0.25) is 4.79 Å². The van der Waals surface area contributed by atoms with E-state index in [2.05, 4.69) is 5.32 Å². The number of benzene rings is 1. The van der Waals surface area contributed by atoms with Gasteiger partial charge in [-0.05, 0) is 55.7 Å². The second kappa shape index (κ2) is 4.25. The van der Waals surface area contributed by atoms with E-state index >= 15 is 0 Å². The minimum Gasteiger partial charge on any atom is -0.496 e. The van der Waals surface area contributed by atoms with E-state index in [0.29, 0.717) is 0 Å². The minimum absolute atomic E-state index is 0.131. The van der Waals surface area contributed by atoms with E-state index in [1.54, 1.807) is 13.2 Å². The quantitative estimate of drug-likeness (QED) is 0.865.